The van der Waals surface area contributed by atoms with Crippen LogP contribution in [0, 0.1) is 11.2 Å². The molecule has 3 fully saturated rings. The van der Waals surface area contributed by atoms with Gasteiger partial charge in [0.15, 0.2) is 5.82 Å². The molecule has 0 saturated carbocycles. The number of carbonyl (C=O) groups excluding carboxylic acids is 1. The number of ether oxygens (including phenoxy) is 4. The maximum absolute atomic E-state index is 13.8. The van der Waals surface area contributed by atoms with Gasteiger partial charge in [-0.3, -0.25) is 9.69 Å². The Kier molecular flexibility index (Phi) is 9.24. The number of carbonyl (C=O) groups is 1. The highest BCUT2D eigenvalue weighted by Crippen LogP contribution is 2.36. The Balaban J connectivity index is 1.17. The first-order valence-electron chi connectivity index (χ1n) is 14.8. The van der Waals surface area contributed by atoms with Crippen LogP contribution in [0.1, 0.15) is 25.5 Å². The van der Waals surface area contributed by atoms with Gasteiger partial charge in [-0.15, -0.1) is 0 Å². The fourth-order valence-electron chi connectivity index (χ4n) is 5.45. The van der Waals surface area contributed by atoms with Crippen LogP contribution in [0.3, 0.4) is 0 Å². The summed E-state index contributed by atoms with van der Waals surface area (Å²) in [6.45, 7) is 9.58. The number of benzene rings is 1. The summed E-state index contributed by atoms with van der Waals surface area (Å²) in [4.78, 5) is 34.7. The second-order valence-corrected chi connectivity index (χ2v) is 11.3. The predicted octanol–water partition coefficient (Wildman–Crippen LogP) is 2.72. The number of rotatable bonds is 9. The van der Waals surface area contributed by atoms with Gasteiger partial charge in [-0.05, 0) is 50.2 Å². The molecule has 13 heteroatoms. The molecule has 3 aromatic rings. The van der Waals surface area contributed by atoms with E-state index in [2.05, 4.69) is 20.2 Å². The molecule has 0 atom stereocenters. The molecular formula is C30H38FN7O5. The van der Waals surface area contributed by atoms with Crippen molar-refractivity contribution in [2.24, 2.45) is 5.41 Å². The molecule has 12 nitrogen and oxygen atoms in total. The molecule has 2 N–H and O–H groups in total. The fraction of sp³-hybridized carbons (Fsp3) is 0.533. The van der Waals surface area contributed by atoms with E-state index in [4.69, 9.17) is 28.9 Å². The topological polar surface area (TPSA) is 127 Å². The van der Waals surface area contributed by atoms with Crippen LogP contribution >= 0.6 is 0 Å². The van der Waals surface area contributed by atoms with Crippen molar-refractivity contribution >= 4 is 11.9 Å². The number of anilines is 1. The molecular weight excluding hydrogens is 557 g/mol. The van der Waals surface area contributed by atoms with E-state index >= 15 is 0 Å². The maximum Gasteiger partial charge on any atom is 0.233 e. The third-order valence-electron chi connectivity index (χ3n) is 7.93. The van der Waals surface area contributed by atoms with Gasteiger partial charge in [0.1, 0.15) is 5.82 Å². The number of aromatic nitrogens is 4. The van der Waals surface area contributed by atoms with Gasteiger partial charge in [-0.1, -0.05) is 0 Å². The molecule has 2 aromatic heterocycles. The molecule has 0 spiro atoms. The summed E-state index contributed by atoms with van der Waals surface area (Å²) in [5, 5.41) is 3.32. The van der Waals surface area contributed by atoms with E-state index in [-0.39, 0.29) is 24.9 Å². The lowest BCUT2D eigenvalue weighted by Crippen LogP contribution is -2.53. The number of halogens is 1. The van der Waals surface area contributed by atoms with Crippen LogP contribution in [0.2, 0.25) is 0 Å². The number of morpholine rings is 2. The quantitative estimate of drug-likeness (QED) is 0.357. The molecule has 3 aliphatic rings. The molecule has 3 aliphatic heterocycles. The molecule has 0 aliphatic carbocycles. The van der Waals surface area contributed by atoms with Gasteiger partial charge in [0.05, 0.1) is 62.1 Å². The first-order chi connectivity index (χ1) is 21.0. The lowest BCUT2D eigenvalue weighted by Gasteiger charge is -2.39. The average Bonchev–Trinajstić information content (AvgIpc) is 3.50. The highest BCUT2D eigenvalue weighted by molar-refractivity contribution is 5.83. The van der Waals surface area contributed by atoms with Crippen molar-refractivity contribution in [2.45, 2.75) is 19.6 Å². The summed E-state index contributed by atoms with van der Waals surface area (Å²) < 4.78 is 36.7. The Morgan fingerprint density at radius 3 is 2.44 bits per heavy atom. The molecule has 5 heterocycles. The van der Waals surface area contributed by atoms with Gasteiger partial charge in [0.25, 0.3) is 0 Å². The van der Waals surface area contributed by atoms with Crippen molar-refractivity contribution < 1.29 is 28.1 Å². The number of nitrogens with zero attached hydrogens (tertiary/aromatic N) is 5. The van der Waals surface area contributed by atoms with Crippen molar-refractivity contribution in [1.29, 1.82) is 0 Å². The number of H-pyrrole nitrogens is 1. The van der Waals surface area contributed by atoms with E-state index in [0.717, 1.165) is 45.8 Å². The number of imidazole rings is 1. The van der Waals surface area contributed by atoms with Crippen LogP contribution in [0.25, 0.3) is 22.6 Å². The normalized spacial score (nSPS) is 23.3. The Morgan fingerprint density at radius 2 is 1.72 bits per heavy atom. The lowest BCUT2D eigenvalue weighted by atomic mass is 9.90. The van der Waals surface area contributed by atoms with Crippen molar-refractivity contribution in [1.82, 2.24) is 29.7 Å². The van der Waals surface area contributed by atoms with Crippen molar-refractivity contribution in [2.75, 3.05) is 84.2 Å². The summed E-state index contributed by atoms with van der Waals surface area (Å²) in [5.41, 5.74) is 1.73. The van der Waals surface area contributed by atoms with E-state index in [1.54, 1.807) is 29.3 Å². The summed E-state index contributed by atoms with van der Waals surface area (Å²) in [6, 6.07) is 7.93. The molecule has 230 valence electrons. The van der Waals surface area contributed by atoms with Gasteiger partial charge >= 0.3 is 0 Å². The van der Waals surface area contributed by atoms with E-state index in [0.29, 0.717) is 60.7 Å². The smallest absolute Gasteiger partial charge is 0.233 e. The minimum Gasteiger partial charge on any atom is -0.379 e. The number of amides is 1. The highest BCUT2D eigenvalue weighted by Gasteiger charge is 2.43. The first-order valence-corrected chi connectivity index (χ1v) is 14.8. The largest absolute Gasteiger partial charge is 0.379 e. The number of aromatic amines is 1. The monoisotopic (exact) mass is 595 g/mol. The average molecular weight is 596 g/mol. The van der Waals surface area contributed by atoms with Crippen molar-refractivity contribution in [3.05, 3.63) is 48.2 Å². The Bertz CT molecular complexity index is 1370. The van der Waals surface area contributed by atoms with Gasteiger partial charge in [0, 0.05) is 44.5 Å². The van der Waals surface area contributed by atoms with Crippen molar-refractivity contribution in [3.8, 4) is 22.6 Å². The lowest BCUT2D eigenvalue weighted by molar-refractivity contribution is -0.235. The van der Waals surface area contributed by atoms with Gasteiger partial charge in [-0.25, -0.2) is 19.3 Å². The van der Waals surface area contributed by atoms with Crippen LogP contribution in [0.15, 0.2) is 36.5 Å². The third-order valence-corrected chi connectivity index (χ3v) is 7.93. The van der Waals surface area contributed by atoms with E-state index in [1.807, 2.05) is 6.92 Å². The zero-order valence-corrected chi connectivity index (χ0v) is 24.4. The molecule has 1 aromatic carbocycles. The van der Waals surface area contributed by atoms with Crippen LogP contribution in [0.5, 0.6) is 0 Å². The predicted molar refractivity (Wildman–Crippen MR) is 156 cm³/mol. The summed E-state index contributed by atoms with van der Waals surface area (Å²) in [6.07, 6.45) is 1.84. The summed E-state index contributed by atoms with van der Waals surface area (Å²) in [7, 11) is 0. The van der Waals surface area contributed by atoms with Crippen LogP contribution in [-0.2, 0) is 23.7 Å². The van der Waals surface area contributed by atoms with Gasteiger partial charge < -0.3 is 34.1 Å². The number of hydrogen-bond donors (Lipinski definition) is 2. The van der Waals surface area contributed by atoms with Gasteiger partial charge in [-0.2, -0.15) is 0 Å². The Morgan fingerprint density at radius 1 is 1.02 bits per heavy atom. The molecule has 43 heavy (non-hydrogen) atoms. The Labute approximate surface area is 249 Å². The number of hydrogen-bond acceptors (Lipinski definition) is 10. The SMILES string of the molecule is CC1(C(=O)N2CCOCC2)COC(c2nc(-c3ccc(F)cc3)c(-c3ccnc(NCCCN4CCOCC4)n3)[nH]2)OC1. The van der Waals surface area contributed by atoms with E-state index in [1.165, 1.54) is 12.1 Å². The van der Waals surface area contributed by atoms with E-state index < -0.39 is 11.7 Å². The molecule has 0 bridgehead atoms. The summed E-state index contributed by atoms with van der Waals surface area (Å²) in [5.74, 6) is 0.597. The molecule has 0 radical (unpaired) electrons. The molecule has 0 unspecified atom stereocenters. The summed E-state index contributed by atoms with van der Waals surface area (Å²) >= 11 is 0. The number of nitrogens with one attached hydrogen (secondary N) is 2. The fourth-order valence-corrected chi connectivity index (χ4v) is 5.45. The third kappa shape index (κ3) is 7.02. The maximum atomic E-state index is 13.8. The molecule has 6 rings (SSSR count). The van der Waals surface area contributed by atoms with Crippen molar-refractivity contribution in [3.63, 3.8) is 0 Å². The van der Waals surface area contributed by atoms with Crippen LogP contribution < -0.4 is 5.32 Å². The first kappa shape index (κ1) is 29.6. The second kappa shape index (κ2) is 13.4. The Hall–Kier alpha value is -3.49. The van der Waals surface area contributed by atoms with Gasteiger partial charge in [0.2, 0.25) is 18.1 Å². The zero-order valence-electron chi connectivity index (χ0n) is 24.4. The molecule has 1 amide bonds. The second-order valence-electron chi connectivity index (χ2n) is 11.3. The minimum atomic E-state index is -0.807. The highest BCUT2D eigenvalue weighted by atomic mass is 19.1. The zero-order chi connectivity index (χ0) is 29.6. The standard InChI is InChI=1S/C30H38FN7O5/c1-30(28(39)38-13-17-41-18-14-38)19-42-27(43-20-30)26-35-24(21-3-5-22(31)6-4-21)25(36-26)23-7-9-33-29(34-23)32-8-2-10-37-11-15-40-16-12-37/h3-7,9,27H,2,8,10-20H2,1H3,(H,35,36)(H,32,33,34). The van der Waals surface area contributed by atoms with Crippen LogP contribution in [0.4, 0.5) is 10.3 Å². The molecule has 3 saturated heterocycles. The van der Waals surface area contributed by atoms with Crippen LogP contribution in [-0.4, -0.2) is 115 Å². The minimum absolute atomic E-state index is 0.00709. The van der Waals surface area contributed by atoms with E-state index in [9.17, 15) is 9.18 Å².